The number of hydrogen-bond acceptors (Lipinski definition) is 5. The largest absolute Gasteiger partial charge is 0.383 e. The highest BCUT2D eigenvalue weighted by Gasteiger charge is 2.10. The normalized spacial score (nSPS) is 17.6. The van der Waals surface area contributed by atoms with E-state index >= 15 is 0 Å². The van der Waals surface area contributed by atoms with Gasteiger partial charge in [-0.1, -0.05) is 12.1 Å². The molecule has 18 heavy (non-hydrogen) atoms. The molecule has 2 rings (SSSR count). The second kappa shape index (κ2) is 5.69. The van der Waals surface area contributed by atoms with Crippen LogP contribution in [0.3, 0.4) is 0 Å². The Morgan fingerprint density at radius 3 is 2.39 bits per heavy atom. The number of benzene rings is 1. The topological polar surface area (TPSA) is 58.6 Å². The average Bonchev–Trinajstić information content (AvgIpc) is 2.31. The molecule has 5 nitrogen and oxygen atoms in total. The summed E-state index contributed by atoms with van der Waals surface area (Å²) >= 11 is 0. The van der Waals surface area contributed by atoms with Crippen LogP contribution in [0.2, 0.25) is 0 Å². The lowest BCUT2D eigenvalue weighted by atomic mass is 10.2. The van der Waals surface area contributed by atoms with E-state index in [0.29, 0.717) is 5.75 Å². The lowest BCUT2D eigenvalue weighted by molar-refractivity contribution is 0.233. The van der Waals surface area contributed by atoms with Crippen molar-refractivity contribution in [3.63, 3.8) is 0 Å². The molecule has 1 aromatic carbocycles. The maximum absolute atomic E-state index is 11.0. The van der Waals surface area contributed by atoms with E-state index in [2.05, 4.69) is 10.2 Å². The molecule has 0 unspecified atom stereocenters. The number of nitrogens with zero attached hydrogens (tertiary/aromatic N) is 1. The molecule has 0 amide bonds. The van der Waals surface area contributed by atoms with Gasteiger partial charge in [0.05, 0.1) is 6.26 Å². The molecule has 1 aliphatic rings. The SMILES string of the molecule is CS(=O)(=O)Oc1ccc(CN2CCNCC2)cc1. The van der Waals surface area contributed by atoms with Crippen LogP contribution < -0.4 is 9.50 Å². The van der Waals surface area contributed by atoms with E-state index in [0.717, 1.165) is 44.5 Å². The number of rotatable bonds is 4. The smallest absolute Gasteiger partial charge is 0.306 e. The van der Waals surface area contributed by atoms with Gasteiger partial charge in [-0.05, 0) is 17.7 Å². The van der Waals surface area contributed by atoms with Crippen molar-refractivity contribution < 1.29 is 12.6 Å². The molecule has 1 N–H and O–H groups in total. The third-order valence-electron chi connectivity index (χ3n) is 2.79. The van der Waals surface area contributed by atoms with Crippen molar-refractivity contribution in [2.24, 2.45) is 0 Å². The van der Waals surface area contributed by atoms with Gasteiger partial charge in [-0.25, -0.2) is 0 Å². The number of hydrogen-bond donors (Lipinski definition) is 1. The van der Waals surface area contributed by atoms with Crippen LogP contribution in [0.25, 0.3) is 0 Å². The van der Waals surface area contributed by atoms with Gasteiger partial charge in [0, 0.05) is 32.7 Å². The minimum atomic E-state index is -3.44. The van der Waals surface area contributed by atoms with Gasteiger partial charge in [0.25, 0.3) is 0 Å². The van der Waals surface area contributed by atoms with Gasteiger partial charge in [0.1, 0.15) is 5.75 Å². The molecule has 1 aliphatic heterocycles. The zero-order chi connectivity index (χ0) is 13.0. The van der Waals surface area contributed by atoms with E-state index in [1.54, 1.807) is 12.1 Å². The van der Waals surface area contributed by atoms with E-state index in [4.69, 9.17) is 4.18 Å². The van der Waals surface area contributed by atoms with Gasteiger partial charge >= 0.3 is 10.1 Å². The van der Waals surface area contributed by atoms with Crippen molar-refractivity contribution in [1.82, 2.24) is 10.2 Å². The van der Waals surface area contributed by atoms with E-state index in [1.165, 1.54) is 0 Å². The van der Waals surface area contributed by atoms with Crippen molar-refractivity contribution >= 4 is 10.1 Å². The molecule has 0 aliphatic carbocycles. The van der Waals surface area contributed by atoms with Crippen LogP contribution >= 0.6 is 0 Å². The first-order valence-electron chi connectivity index (χ1n) is 5.94. The van der Waals surface area contributed by atoms with E-state index in [-0.39, 0.29) is 0 Å². The van der Waals surface area contributed by atoms with E-state index < -0.39 is 10.1 Å². The van der Waals surface area contributed by atoms with Crippen LogP contribution in [0.1, 0.15) is 5.56 Å². The maximum Gasteiger partial charge on any atom is 0.306 e. The molecule has 1 heterocycles. The fourth-order valence-electron chi connectivity index (χ4n) is 1.95. The Labute approximate surface area is 108 Å². The van der Waals surface area contributed by atoms with Crippen molar-refractivity contribution in [1.29, 1.82) is 0 Å². The minimum Gasteiger partial charge on any atom is -0.383 e. The van der Waals surface area contributed by atoms with Crippen LogP contribution in [0.15, 0.2) is 24.3 Å². The van der Waals surface area contributed by atoms with Crippen molar-refractivity contribution in [3.05, 3.63) is 29.8 Å². The molecule has 0 saturated carbocycles. The Kier molecular flexibility index (Phi) is 4.21. The fourth-order valence-corrected chi connectivity index (χ4v) is 2.41. The van der Waals surface area contributed by atoms with E-state index in [9.17, 15) is 8.42 Å². The quantitative estimate of drug-likeness (QED) is 0.804. The van der Waals surface area contributed by atoms with Crippen LogP contribution in [-0.4, -0.2) is 45.8 Å². The van der Waals surface area contributed by atoms with Gasteiger partial charge in [0.2, 0.25) is 0 Å². The van der Waals surface area contributed by atoms with Gasteiger partial charge in [-0.15, -0.1) is 0 Å². The first-order valence-corrected chi connectivity index (χ1v) is 7.76. The molecular formula is C12H18N2O3S. The second-order valence-corrected chi connectivity index (χ2v) is 6.03. The first-order chi connectivity index (χ1) is 8.53. The van der Waals surface area contributed by atoms with E-state index in [1.807, 2.05) is 12.1 Å². The summed E-state index contributed by atoms with van der Waals surface area (Å²) in [4.78, 5) is 2.36. The molecule has 0 atom stereocenters. The number of piperazine rings is 1. The van der Waals surface area contributed by atoms with Gasteiger partial charge in [-0.3, -0.25) is 4.90 Å². The van der Waals surface area contributed by atoms with Crippen LogP contribution in [0.5, 0.6) is 5.75 Å². The summed E-state index contributed by atoms with van der Waals surface area (Å²) in [5, 5.41) is 3.31. The van der Waals surface area contributed by atoms with Crippen molar-refractivity contribution in [2.75, 3.05) is 32.4 Å². The predicted octanol–water partition coefficient (Wildman–Crippen LogP) is 0.430. The molecule has 0 spiro atoms. The molecule has 0 bridgehead atoms. The first kappa shape index (κ1) is 13.3. The molecule has 0 aromatic heterocycles. The Balaban J connectivity index is 1.94. The maximum atomic E-state index is 11.0. The van der Waals surface area contributed by atoms with Crippen LogP contribution in [-0.2, 0) is 16.7 Å². The minimum absolute atomic E-state index is 0.363. The van der Waals surface area contributed by atoms with Crippen LogP contribution in [0, 0.1) is 0 Å². The summed E-state index contributed by atoms with van der Waals surface area (Å²) in [6.07, 6.45) is 1.04. The van der Waals surface area contributed by atoms with Gasteiger partial charge in [0.15, 0.2) is 0 Å². The lowest BCUT2D eigenvalue weighted by Gasteiger charge is -2.27. The molecule has 6 heteroatoms. The third kappa shape index (κ3) is 4.29. The standard InChI is InChI=1S/C12H18N2O3S/c1-18(15,16)17-12-4-2-11(3-5-12)10-14-8-6-13-7-9-14/h2-5,13H,6-10H2,1H3. The van der Waals surface area contributed by atoms with Crippen LogP contribution in [0.4, 0.5) is 0 Å². The zero-order valence-electron chi connectivity index (χ0n) is 10.4. The Bertz CT molecular complexity index is 479. The summed E-state index contributed by atoms with van der Waals surface area (Å²) in [7, 11) is -3.44. The van der Waals surface area contributed by atoms with Gasteiger partial charge in [-0.2, -0.15) is 8.42 Å². The molecule has 1 saturated heterocycles. The fraction of sp³-hybridized carbons (Fsp3) is 0.500. The highest BCUT2D eigenvalue weighted by Crippen LogP contribution is 2.15. The summed E-state index contributed by atoms with van der Waals surface area (Å²) in [5.74, 6) is 0.363. The van der Waals surface area contributed by atoms with Crippen molar-refractivity contribution in [2.45, 2.75) is 6.54 Å². The van der Waals surface area contributed by atoms with Gasteiger partial charge < -0.3 is 9.50 Å². The Morgan fingerprint density at radius 2 is 1.83 bits per heavy atom. The summed E-state index contributed by atoms with van der Waals surface area (Å²) in [5.41, 5.74) is 1.16. The monoisotopic (exact) mass is 270 g/mol. The predicted molar refractivity (Wildman–Crippen MR) is 70.1 cm³/mol. The second-order valence-electron chi connectivity index (χ2n) is 4.46. The zero-order valence-corrected chi connectivity index (χ0v) is 11.2. The average molecular weight is 270 g/mol. The third-order valence-corrected chi connectivity index (χ3v) is 3.28. The molecule has 100 valence electrons. The summed E-state index contributed by atoms with van der Waals surface area (Å²) in [6, 6.07) is 7.20. The summed E-state index contributed by atoms with van der Waals surface area (Å²) in [6.45, 7) is 5.02. The van der Waals surface area contributed by atoms with Crippen molar-refractivity contribution in [3.8, 4) is 5.75 Å². The Hall–Kier alpha value is -1.11. The summed E-state index contributed by atoms with van der Waals surface area (Å²) < 4.78 is 26.7. The molecule has 1 aromatic rings. The highest BCUT2D eigenvalue weighted by molar-refractivity contribution is 7.86. The highest BCUT2D eigenvalue weighted by atomic mass is 32.2. The lowest BCUT2D eigenvalue weighted by Crippen LogP contribution is -2.42. The number of nitrogens with one attached hydrogen (secondary N) is 1. The molecule has 0 radical (unpaired) electrons. The molecule has 1 fully saturated rings. The Morgan fingerprint density at radius 1 is 1.22 bits per heavy atom. The molecular weight excluding hydrogens is 252 g/mol.